The molecule has 0 saturated carbocycles. The van der Waals surface area contributed by atoms with Gasteiger partial charge in [-0.2, -0.15) is 0 Å². The van der Waals surface area contributed by atoms with E-state index in [4.69, 9.17) is 0 Å². The minimum Gasteiger partial charge on any atom is -0.0829 e. The molecule has 0 N–H and O–H groups in total. The van der Waals surface area contributed by atoms with Crippen LogP contribution in [0, 0.1) is 5.92 Å². The third-order valence-corrected chi connectivity index (χ3v) is 1.76. The molecular formula is C7H15I. The van der Waals surface area contributed by atoms with Gasteiger partial charge < -0.3 is 0 Å². The Morgan fingerprint density at radius 1 is 1.12 bits per heavy atom. The molecule has 1 unspecified atom stereocenters. The highest BCUT2D eigenvalue weighted by Gasteiger charge is 1.97. The highest BCUT2D eigenvalue weighted by atomic mass is 127. The number of hydrogen-bond acceptors (Lipinski definition) is 0. The number of alkyl halides is 1. The van der Waals surface area contributed by atoms with Crippen molar-refractivity contribution in [2.45, 2.75) is 37.5 Å². The predicted molar refractivity (Wildman–Crippen MR) is 47.6 cm³/mol. The van der Waals surface area contributed by atoms with Gasteiger partial charge >= 0.3 is 0 Å². The van der Waals surface area contributed by atoms with Gasteiger partial charge in [-0.05, 0) is 18.8 Å². The molecule has 8 heavy (non-hydrogen) atoms. The van der Waals surface area contributed by atoms with Crippen molar-refractivity contribution in [3.05, 3.63) is 0 Å². The van der Waals surface area contributed by atoms with Crippen LogP contribution in [0.1, 0.15) is 33.6 Å². The average molecular weight is 226 g/mol. The smallest absolute Gasteiger partial charge is 0.00814 e. The van der Waals surface area contributed by atoms with Crippen LogP contribution in [0.4, 0.5) is 0 Å². The molecule has 0 aromatic rings. The van der Waals surface area contributed by atoms with Crippen molar-refractivity contribution in [2.24, 2.45) is 5.92 Å². The van der Waals surface area contributed by atoms with Gasteiger partial charge in [-0.1, -0.05) is 43.4 Å². The van der Waals surface area contributed by atoms with E-state index in [0.29, 0.717) is 0 Å². The van der Waals surface area contributed by atoms with E-state index in [2.05, 4.69) is 43.4 Å². The quantitative estimate of drug-likeness (QED) is 0.511. The van der Waals surface area contributed by atoms with Crippen molar-refractivity contribution in [1.82, 2.24) is 0 Å². The molecule has 0 amide bonds. The standard InChI is InChI=1S/C7H15I/c1-6(2)4-5-7(3)8/h6-7H,4-5H2,1-3H3. The second-order valence-corrected chi connectivity index (χ2v) is 4.88. The summed E-state index contributed by atoms with van der Waals surface area (Å²) in [7, 11) is 0. The molecule has 0 saturated heterocycles. The molecule has 0 aromatic heterocycles. The van der Waals surface area contributed by atoms with Gasteiger partial charge in [0, 0.05) is 3.92 Å². The van der Waals surface area contributed by atoms with E-state index in [1.165, 1.54) is 12.8 Å². The second-order valence-electron chi connectivity index (χ2n) is 2.75. The lowest BCUT2D eigenvalue weighted by atomic mass is 10.1. The van der Waals surface area contributed by atoms with E-state index in [9.17, 15) is 0 Å². The first-order valence-electron chi connectivity index (χ1n) is 3.27. The summed E-state index contributed by atoms with van der Waals surface area (Å²) in [4.78, 5) is 0. The SMILES string of the molecule is CC(C)CCC(C)I. The summed E-state index contributed by atoms with van der Waals surface area (Å²) in [6.45, 7) is 6.82. The van der Waals surface area contributed by atoms with Gasteiger partial charge in [-0.3, -0.25) is 0 Å². The maximum atomic E-state index is 2.48. The van der Waals surface area contributed by atoms with Crippen LogP contribution in [-0.2, 0) is 0 Å². The maximum Gasteiger partial charge on any atom is 0.00814 e. The summed E-state index contributed by atoms with van der Waals surface area (Å²) >= 11 is 2.48. The molecule has 1 heteroatoms. The number of rotatable bonds is 3. The van der Waals surface area contributed by atoms with Crippen LogP contribution < -0.4 is 0 Å². The monoisotopic (exact) mass is 226 g/mol. The summed E-state index contributed by atoms with van der Waals surface area (Å²) in [5.41, 5.74) is 0. The molecule has 1 atom stereocenters. The van der Waals surface area contributed by atoms with Crippen LogP contribution in [0.3, 0.4) is 0 Å². The van der Waals surface area contributed by atoms with Crippen molar-refractivity contribution in [3.8, 4) is 0 Å². The van der Waals surface area contributed by atoms with E-state index >= 15 is 0 Å². The molecule has 0 radical (unpaired) electrons. The molecule has 0 heterocycles. The van der Waals surface area contributed by atoms with Gasteiger partial charge in [0.2, 0.25) is 0 Å². The molecule has 0 spiro atoms. The largest absolute Gasteiger partial charge is 0.0829 e. The lowest BCUT2D eigenvalue weighted by Gasteiger charge is -2.04. The van der Waals surface area contributed by atoms with Crippen molar-refractivity contribution in [1.29, 1.82) is 0 Å². The van der Waals surface area contributed by atoms with Crippen molar-refractivity contribution >= 4 is 22.6 Å². The Labute approximate surface area is 66.2 Å². The van der Waals surface area contributed by atoms with Gasteiger partial charge in [-0.25, -0.2) is 0 Å². The molecular weight excluding hydrogens is 211 g/mol. The fourth-order valence-electron chi connectivity index (χ4n) is 0.563. The molecule has 0 aliphatic carbocycles. The first-order chi connectivity index (χ1) is 3.63. The highest BCUT2D eigenvalue weighted by molar-refractivity contribution is 14.1. The topological polar surface area (TPSA) is 0 Å². The zero-order chi connectivity index (χ0) is 6.57. The van der Waals surface area contributed by atoms with Crippen LogP contribution in [-0.4, -0.2) is 3.92 Å². The third-order valence-electron chi connectivity index (χ3n) is 1.14. The zero-order valence-electron chi connectivity index (χ0n) is 5.95. The number of halogens is 1. The molecule has 0 aliphatic heterocycles. The zero-order valence-corrected chi connectivity index (χ0v) is 8.10. The lowest BCUT2D eigenvalue weighted by Crippen LogP contribution is -1.93. The van der Waals surface area contributed by atoms with Gasteiger partial charge in [0.25, 0.3) is 0 Å². The summed E-state index contributed by atoms with van der Waals surface area (Å²) < 4.78 is 0.856. The lowest BCUT2D eigenvalue weighted by molar-refractivity contribution is 0.560. The Morgan fingerprint density at radius 3 is 1.75 bits per heavy atom. The average Bonchev–Trinajstić information content (AvgIpc) is 1.61. The number of hydrogen-bond donors (Lipinski definition) is 0. The summed E-state index contributed by atoms with van der Waals surface area (Å²) in [5, 5.41) is 0. The molecule has 0 nitrogen and oxygen atoms in total. The fraction of sp³-hybridized carbons (Fsp3) is 1.00. The Hall–Kier alpha value is 0.730. The molecule has 0 bridgehead atoms. The minimum atomic E-state index is 0.856. The van der Waals surface area contributed by atoms with Crippen LogP contribution >= 0.6 is 22.6 Å². The predicted octanol–water partition coefficient (Wildman–Crippen LogP) is 3.25. The third kappa shape index (κ3) is 6.73. The van der Waals surface area contributed by atoms with E-state index in [-0.39, 0.29) is 0 Å². The van der Waals surface area contributed by atoms with Crippen molar-refractivity contribution in [2.75, 3.05) is 0 Å². The van der Waals surface area contributed by atoms with Gasteiger partial charge in [0.05, 0.1) is 0 Å². The normalized spacial score (nSPS) is 14.6. The Kier molecular flexibility index (Phi) is 5.01. The van der Waals surface area contributed by atoms with Crippen LogP contribution in [0.5, 0.6) is 0 Å². The van der Waals surface area contributed by atoms with Gasteiger partial charge in [0.1, 0.15) is 0 Å². The van der Waals surface area contributed by atoms with E-state index in [0.717, 1.165) is 9.84 Å². The van der Waals surface area contributed by atoms with Gasteiger partial charge in [0.15, 0.2) is 0 Å². The molecule has 50 valence electrons. The molecule has 0 aliphatic rings. The first kappa shape index (κ1) is 8.73. The first-order valence-corrected chi connectivity index (χ1v) is 4.51. The fourth-order valence-corrected chi connectivity index (χ4v) is 0.923. The molecule has 0 fully saturated rings. The summed E-state index contributed by atoms with van der Waals surface area (Å²) in [5.74, 6) is 0.882. The van der Waals surface area contributed by atoms with E-state index in [1.54, 1.807) is 0 Å². The Balaban J connectivity index is 2.93. The van der Waals surface area contributed by atoms with Crippen LogP contribution in [0.25, 0.3) is 0 Å². The Bertz CT molecular complexity index is 40.3. The molecule has 0 rings (SSSR count). The van der Waals surface area contributed by atoms with Crippen molar-refractivity contribution < 1.29 is 0 Å². The summed E-state index contributed by atoms with van der Waals surface area (Å²) in [6, 6.07) is 0. The van der Waals surface area contributed by atoms with Gasteiger partial charge in [-0.15, -0.1) is 0 Å². The molecule has 0 aromatic carbocycles. The summed E-state index contributed by atoms with van der Waals surface area (Å²) in [6.07, 6.45) is 2.75. The second kappa shape index (κ2) is 4.59. The van der Waals surface area contributed by atoms with Crippen LogP contribution in [0.15, 0.2) is 0 Å². The van der Waals surface area contributed by atoms with E-state index in [1.807, 2.05) is 0 Å². The van der Waals surface area contributed by atoms with E-state index < -0.39 is 0 Å². The Morgan fingerprint density at radius 2 is 1.62 bits per heavy atom. The minimum absolute atomic E-state index is 0.856. The maximum absolute atomic E-state index is 2.48. The van der Waals surface area contributed by atoms with Crippen LogP contribution in [0.2, 0.25) is 0 Å². The highest BCUT2D eigenvalue weighted by Crippen LogP contribution is 2.11. The van der Waals surface area contributed by atoms with Crippen molar-refractivity contribution in [3.63, 3.8) is 0 Å².